The number of hydrogen-bond acceptors (Lipinski definition) is 2. The molecule has 1 saturated carbocycles. The molecule has 0 aromatic rings. The molecule has 1 aliphatic heterocycles. The van der Waals surface area contributed by atoms with Crippen LogP contribution in [-0.2, 0) is 4.79 Å². The third kappa shape index (κ3) is 4.70. The summed E-state index contributed by atoms with van der Waals surface area (Å²) >= 11 is 0. The monoisotopic (exact) mass is 294 g/mol. The molecule has 3 heteroatoms. The molecule has 0 bridgehead atoms. The molecule has 1 aliphatic carbocycles. The van der Waals surface area contributed by atoms with Crippen LogP contribution in [0.2, 0.25) is 0 Å². The molecule has 2 atom stereocenters. The minimum absolute atomic E-state index is 0.366. The largest absolute Gasteiger partial charge is 0.339 e. The molecule has 1 amide bonds. The maximum atomic E-state index is 12.7. The van der Waals surface area contributed by atoms with Crippen molar-refractivity contribution in [3.8, 4) is 0 Å². The van der Waals surface area contributed by atoms with Gasteiger partial charge in [0, 0.05) is 19.0 Å². The van der Waals surface area contributed by atoms with Crippen molar-refractivity contribution in [1.29, 1.82) is 0 Å². The van der Waals surface area contributed by atoms with Crippen LogP contribution in [0, 0.1) is 17.8 Å². The van der Waals surface area contributed by atoms with Crippen molar-refractivity contribution in [2.45, 2.75) is 77.7 Å². The zero-order chi connectivity index (χ0) is 15.2. The van der Waals surface area contributed by atoms with Crippen molar-refractivity contribution in [2.75, 3.05) is 13.1 Å². The summed E-state index contributed by atoms with van der Waals surface area (Å²) in [5.41, 5.74) is 5.87. The average molecular weight is 294 g/mol. The molecule has 2 aliphatic rings. The van der Waals surface area contributed by atoms with Gasteiger partial charge in [0.1, 0.15) is 0 Å². The summed E-state index contributed by atoms with van der Waals surface area (Å²) in [4.78, 5) is 14.9. The van der Waals surface area contributed by atoms with Crippen LogP contribution >= 0.6 is 0 Å². The third-order valence-electron chi connectivity index (χ3n) is 5.41. The fraction of sp³-hybridized carbons (Fsp3) is 0.944. The Morgan fingerprint density at radius 1 is 1.14 bits per heavy atom. The third-order valence-corrected chi connectivity index (χ3v) is 5.41. The van der Waals surface area contributed by atoms with Crippen molar-refractivity contribution in [1.82, 2.24) is 4.90 Å². The van der Waals surface area contributed by atoms with Gasteiger partial charge in [-0.15, -0.1) is 0 Å². The number of carbonyl (C=O) groups excluding carboxylic acids is 1. The van der Waals surface area contributed by atoms with Crippen molar-refractivity contribution in [3.63, 3.8) is 0 Å². The second-order valence-corrected chi connectivity index (χ2v) is 7.63. The highest BCUT2D eigenvalue weighted by atomic mass is 16.2. The topological polar surface area (TPSA) is 46.3 Å². The Kier molecular flexibility index (Phi) is 6.53. The molecule has 2 rings (SSSR count). The van der Waals surface area contributed by atoms with Gasteiger partial charge in [0.25, 0.3) is 0 Å². The Hall–Kier alpha value is -0.570. The standard InChI is InChI=1S/C18H34N2O/c1-14(2)11-15(13-19)12-18(21)20-10-6-9-17(20)16-7-4-3-5-8-16/h14-17H,3-13,19H2,1-2H3. The van der Waals surface area contributed by atoms with Crippen LogP contribution in [0.3, 0.4) is 0 Å². The number of likely N-dealkylation sites (tertiary alicyclic amines) is 1. The first-order chi connectivity index (χ1) is 10.1. The van der Waals surface area contributed by atoms with E-state index < -0.39 is 0 Å². The second-order valence-electron chi connectivity index (χ2n) is 7.63. The van der Waals surface area contributed by atoms with Gasteiger partial charge in [-0.05, 0) is 56.4 Å². The molecule has 122 valence electrons. The van der Waals surface area contributed by atoms with Crippen LogP contribution < -0.4 is 5.73 Å². The van der Waals surface area contributed by atoms with E-state index >= 15 is 0 Å². The van der Waals surface area contributed by atoms with Gasteiger partial charge in [0.2, 0.25) is 5.91 Å². The number of amides is 1. The van der Waals surface area contributed by atoms with E-state index in [9.17, 15) is 4.79 Å². The zero-order valence-corrected chi connectivity index (χ0v) is 14.0. The van der Waals surface area contributed by atoms with Gasteiger partial charge in [0.15, 0.2) is 0 Å². The van der Waals surface area contributed by atoms with E-state index in [1.807, 2.05) is 0 Å². The van der Waals surface area contributed by atoms with Gasteiger partial charge in [-0.1, -0.05) is 33.1 Å². The number of hydrogen-bond donors (Lipinski definition) is 1. The van der Waals surface area contributed by atoms with Crippen molar-refractivity contribution in [2.24, 2.45) is 23.5 Å². The van der Waals surface area contributed by atoms with E-state index in [-0.39, 0.29) is 0 Å². The minimum Gasteiger partial charge on any atom is -0.339 e. The Morgan fingerprint density at radius 2 is 1.86 bits per heavy atom. The van der Waals surface area contributed by atoms with Gasteiger partial charge in [-0.2, -0.15) is 0 Å². The summed E-state index contributed by atoms with van der Waals surface area (Å²) in [6.07, 6.45) is 11.0. The first-order valence-electron chi connectivity index (χ1n) is 9.11. The van der Waals surface area contributed by atoms with E-state index in [1.165, 1.54) is 44.9 Å². The van der Waals surface area contributed by atoms with Gasteiger partial charge in [-0.25, -0.2) is 0 Å². The van der Waals surface area contributed by atoms with Crippen LogP contribution in [0.1, 0.15) is 71.6 Å². The summed E-state index contributed by atoms with van der Waals surface area (Å²) in [6, 6.07) is 0.537. The number of nitrogens with two attached hydrogens (primary N) is 1. The molecule has 1 saturated heterocycles. The Bertz CT molecular complexity index is 323. The van der Waals surface area contributed by atoms with Crippen molar-refractivity contribution < 1.29 is 4.79 Å². The molecule has 2 N–H and O–H groups in total. The molecule has 2 fully saturated rings. The Labute approximate surface area is 130 Å². The molecular weight excluding hydrogens is 260 g/mol. The fourth-order valence-electron chi connectivity index (χ4n) is 4.40. The summed E-state index contributed by atoms with van der Waals surface area (Å²) in [6.45, 7) is 6.06. The smallest absolute Gasteiger partial charge is 0.223 e. The maximum absolute atomic E-state index is 12.7. The summed E-state index contributed by atoms with van der Waals surface area (Å²) in [5.74, 6) is 2.13. The van der Waals surface area contributed by atoms with Gasteiger partial charge >= 0.3 is 0 Å². The van der Waals surface area contributed by atoms with E-state index in [1.54, 1.807) is 0 Å². The first kappa shape index (κ1) is 16.8. The quantitative estimate of drug-likeness (QED) is 0.814. The predicted molar refractivity (Wildman–Crippen MR) is 87.9 cm³/mol. The van der Waals surface area contributed by atoms with Crippen LogP contribution in [0.4, 0.5) is 0 Å². The van der Waals surface area contributed by atoms with E-state index in [0.29, 0.717) is 36.8 Å². The van der Waals surface area contributed by atoms with Crippen LogP contribution in [0.5, 0.6) is 0 Å². The summed E-state index contributed by atoms with van der Waals surface area (Å²) in [7, 11) is 0. The zero-order valence-electron chi connectivity index (χ0n) is 14.0. The lowest BCUT2D eigenvalue weighted by Gasteiger charge is -2.35. The van der Waals surface area contributed by atoms with E-state index in [2.05, 4.69) is 18.7 Å². The van der Waals surface area contributed by atoms with Crippen molar-refractivity contribution in [3.05, 3.63) is 0 Å². The minimum atomic E-state index is 0.366. The fourth-order valence-corrected chi connectivity index (χ4v) is 4.40. The second kappa shape index (κ2) is 8.17. The molecule has 0 spiro atoms. The Balaban J connectivity index is 1.90. The maximum Gasteiger partial charge on any atom is 0.223 e. The molecule has 3 nitrogen and oxygen atoms in total. The molecule has 2 unspecified atom stereocenters. The number of rotatable bonds is 6. The molecule has 0 aromatic carbocycles. The van der Waals surface area contributed by atoms with Gasteiger partial charge < -0.3 is 10.6 Å². The highest BCUT2D eigenvalue weighted by Crippen LogP contribution is 2.35. The van der Waals surface area contributed by atoms with Crippen LogP contribution in [-0.4, -0.2) is 29.9 Å². The lowest BCUT2D eigenvalue weighted by atomic mass is 9.82. The van der Waals surface area contributed by atoms with Gasteiger partial charge in [-0.3, -0.25) is 4.79 Å². The highest BCUT2D eigenvalue weighted by Gasteiger charge is 2.35. The van der Waals surface area contributed by atoms with E-state index in [0.717, 1.165) is 18.9 Å². The molecular formula is C18H34N2O. The lowest BCUT2D eigenvalue weighted by molar-refractivity contribution is -0.134. The highest BCUT2D eigenvalue weighted by molar-refractivity contribution is 5.77. The predicted octanol–water partition coefficient (Wildman–Crippen LogP) is 3.57. The summed E-state index contributed by atoms with van der Waals surface area (Å²) in [5, 5.41) is 0. The van der Waals surface area contributed by atoms with Crippen molar-refractivity contribution >= 4 is 5.91 Å². The molecule has 21 heavy (non-hydrogen) atoms. The number of carbonyl (C=O) groups is 1. The van der Waals surface area contributed by atoms with Gasteiger partial charge in [0.05, 0.1) is 0 Å². The SMILES string of the molecule is CC(C)CC(CN)CC(=O)N1CCCC1C1CCCCC1. The molecule has 1 heterocycles. The molecule has 0 radical (unpaired) electrons. The average Bonchev–Trinajstić information content (AvgIpc) is 2.96. The van der Waals surface area contributed by atoms with Crippen LogP contribution in [0.15, 0.2) is 0 Å². The normalized spacial score (nSPS) is 25.5. The first-order valence-corrected chi connectivity index (χ1v) is 9.11. The lowest BCUT2D eigenvalue weighted by Crippen LogP contribution is -2.42. The van der Waals surface area contributed by atoms with Crippen LogP contribution in [0.25, 0.3) is 0 Å². The number of nitrogens with zero attached hydrogens (tertiary/aromatic N) is 1. The summed E-state index contributed by atoms with van der Waals surface area (Å²) < 4.78 is 0. The van der Waals surface area contributed by atoms with E-state index in [4.69, 9.17) is 5.73 Å². The Morgan fingerprint density at radius 3 is 2.48 bits per heavy atom. The molecule has 0 aromatic heterocycles.